The van der Waals surface area contributed by atoms with Crippen LogP contribution < -0.4 is 10.6 Å². The van der Waals surface area contributed by atoms with Crippen molar-refractivity contribution in [3.05, 3.63) is 72.5 Å². The summed E-state index contributed by atoms with van der Waals surface area (Å²) in [6.45, 7) is 3.78. The van der Waals surface area contributed by atoms with Crippen LogP contribution >= 0.6 is 11.8 Å². The zero-order valence-corrected chi connectivity index (χ0v) is 18.5. The standard InChI is InChI=1S/C24H22N4O3S/c1-15(2)25-23(30)16-8-3-5-10-18(16)26-21(29)14-32-24-17-9-4-6-11-19(17)27-22(28-24)20-12-7-13-31-20/h3-13,15H,14H2,1-2H3,(H,25,30)(H,26,29). The van der Waals surface area contributed by atoms with Gasteiger partial charge in [-0.05, 0) is 44.2 Å². The quantitative estimate of drug-likeness (QED) is 0.314. The van der Waals surface area contributed by atoms with E-state index in [0.717, 1.165) is 10.9 Å². The van der Waals surface area contributed by atoms with Crippen LogP contribution in [0.4, 0.5) is 5.69 Å². The average molecular weight is 447 g/mol. The largest absolute Gasteiger partial charge is 0.461 e. The summed E-state index contributed by atoms with van der Waals surface area (Å²) in [7, 11) is 0. The van der Waals surface area contributed by atoms with E-state index in [9.17, 15) is 9.59 Å². The third-order valence-electron chi connectivity index (χ3n) is 4.52. The SMILES string of the molecule is CC(C)NC(=O)c1ccccc1NC(=O)CSc1nc(-c2ccco2)nc2ccccc12. The lowest BCUT2D eigenvalue weighted by Gasteiger charge is -2.13. The Kier molecular flexibility index (Phi) is 6.51. The highest BCUT2D eigenvalue weighted by Gasteiger charge is 2.16. The van der Waals surface area contributed by atoms with Gasteiger partial charge in [0.15, 0.2) is 11.6 Å². The number of fused-ring (bicyclic) bond motifs is 1. The number of nitrogens with zero attached hydrogens (tertiary/aromatic N) is 2. The number of benzene rings is 2. The molecule has 0 unspecified atom stereocenters. The predicted octanol–water partition coefficient (Wildman–Crippen LogP) is 4.76. The Hall–Kier alpha value is -3.65. The summed E-state index contributed by atoms with van der Waals surface area (Å²) < 4.78 is 5.44. The van der Waals surface area contributed by atoms with Gasteiger partial charge in [-0.25, -0.2) is 9.97 Å². The molecule has 0 atom stereocenters. The first-order valence-corrected chi connectivity index (χ1v) is 11.1. The smallest absolute Gasteiger partial charge is 0.253 e. The molecular formula is C24H22N4O3S. The molecule has 0 fully saturated rings. The highest BCUT2D eigenvalue weighted by molar-refractivity contribution is 8.00. The van der Waals surface area contributed by atoms with Gasteiger partial charge >= 0.3 is 0 Å². The van der Waals surface area contributed by atoms with Crippen LogP contribution in [0.2, 0.25) is 0 Å². The summed E-state index contributed by atoms with van der Waals surface area (Å²) in [5.41, 5.74) is 1.67. The van der Waals surface area contributed by atoms with Crippen LogP contribution in [0.25, 0.3) is 22.5 Å². The van der Waals surface area contributed by atoms with Gasteiger partial charge in [-0.15, -0.1) is 0 Å². The molecule has 2 amide bonds. The first-order valence-electron chi connectivity index (χ1n) is 10.1. The second-order valence-electron chi connectivity index (χ2n) is 7.36. The summed E-state index contributed by atoms with van der Waals surface area (Å²) >= 11 is 1.31. The fraction of sp³-hybridized carbons (Fsp3) is 0.167. The Labute approximate surface area is 189 Å². The van der Waals surface area contributed by atoms with E-state index in [1.165, 1.54) is 11.8 Å². The molecular weight excluding hydrogens is 424 g/mol. The highest BCUT2D eigenvalue weighted by atomic mass is 32.2. The third-order valence-corrected chi connectivity index (χ3v) is 5.51. The number of hydrogen-bond donors (Lipinski definition) is 2. The lowest BCUT2D eigenvalue weighted by Crippen LogP contribution is -2.31. The lowest BCUT2D eigenvalue weighted by atomic mass is 10.1. The average Bonchev–Trinajstić information content (AvgIpc) is 3.32. The van der Waals surface area contributed by atoms with Crippen molar-refractivity contribution in [3.63, 3.8) is 0 Å². The number of hydrogen-bond acceptors (Lipinski definition) is 6. The number of thioether (sulfide) groups is 1. The molecule has 0 aliphatic heterocycles. The second-order valence-corrected chi connectivity index (χ2v) is 8.32. The molecule has 2 heterocycles. The van der Waals surface area contributed by atoms with Gasteiger partial charge in [0.05, 0.1) is 28.8 Å². The molecule has 4 aromatic rings. The van der Waals surface area contributed by atoms with Crippen LogP contribution in [0.1, 0.15) is 24.2 Å². The van der Waals surface area contributed by atoms with E-state index in [4.69, 9.17) is 4.42 Å². The van der Waals surface area contributed by atoms with Gasteiger partial charge in [-0.2, -0.15) is 0 Å². The Balaban J connectivity index is 1.52. The van der Waals surface area contributed by atoms with Gasteiger partial charge in [0.25, 0.3) is 5.91 Å². The maximum atomic E-state index is 12.7. The highest BCUT2D eigenvalue weighted by Crippen LogP contribution is 2.28. The van der Waals surface area contributed by atoms with Crippen LogP contribution in [-0.2, 0) is 4.79 Å². The molecule has 8 heteroatoms. The Morgan fingerprint density at radius 2 is 1.78 bits per heavy atom. The minimum absolute atomic E-state index is 0.00350. The van der Waals surface area contributed by atoms with Gasteiger partial charge in [0.1, 0.15) is 5.03 Å². The van der Waals surface area contributed by atoms with Crippen LogP contribution in [0.15, 0.2) is 76.4 Å². The van der Waals surface area contributed by atoms with Crippen LogP contribution in [-0.4, -0.2) is 33.6 Å². The van der Waals surface area contributed by atoms with Gasteiger partial charge in [0, 0.05) is 11.4 Å². The summed E-state index contributed by atoms with van der Waals surface area (Å²) in [5.74, 6) is 0.688. The van der Waals surface area contributed by atoms with E-state index in [0.29, 0.717) is 27.9 Å². The molecule has 0 spiro atoms. The summed E-state index contributed by atoms with van der Waals surface area (Å²) in [6, 6.07) is 18.2. The number of carbonyl (C=O) groups excluding carboxylic acids is 2. The van der Waals surface area contributed by atoms with Crippen molar-refractivity contribution in [1.29, 1.82) is 0 Å². The molecule has 2 aromatic heterocycles. The summed E-state index contributed by atoms with van der Waals surface area (Å²) in [6.07, 6.45) is 1.57. The van der Waals surface area contributed by atoms with Crippen molar-refractivity contribution in [2.75, 3.05) is 11.1 Å². The first-order chi connectivity index (χ1) is 15.5. The van der Waals surface area contributed by atoms with Crippen LogP contribution in [0, 0.1) is 0 Å². The van der Waals surface area contributed by atoms with Gasteiger partial charge in [-0.1, -0.05) is 42.1 Å². The topological polar surface area (TPSA) is 97.1 Å². The number of anilines is 1. The zero-order chi connectivity index (χ0) is 22.5. The fourth-order valence-electron chi connectivity index (χ4n) is 3.12. The number of amides is 2. The number of rotatable bonds is 7. The molecule has 0 aliphatic rings. The van der Waals surface area contributed by atoms with Crippen molar-refractivity contribution < 1.29 is 14.0 Å². The summed E-state index contributed by atoms with van der Waals surface area (Å²) in [4.78, 5) is 34.3. The summed E-state index contributed by atoms with van der Waals surface area (Å²) in [5, 5.41) is 7.23. The molecule has 4 rings (SSSR count). The lowest BCUT2D eigenvalue weighted by molar-refractivity contribution is -0.113. The normalized spacial score (nSPS) is 11.0. The molecule has 2 aromatic carbocycles. The molecule has 0 saturated heterocycles. The van der Waals surface area contributed by atoms with E-state index in [1.54, 1.807) is 42.7 Å². The molecule has 0 bridgehead atoms. The fourth-order valence-corrected chi connectivity index (χ4v) is 3.94. The molecule has 0 aliphatic carbocycles. The van der Waals surface area contributed by atoms with Crippen molar-refractivity contribution in [2.45, 2.75) is 24.9 Å². The van der Waals surface area contributed by atoms with E-state index in [1.807, 2.05) is 38.1 Å². The van der Waals surface area contributed by atoms with Gasteiger partial charge in [-0.3, -0.25) is 9.59 Å². The molecule has 162 valence electrons. The van der Waals surface area contributed by atoms with Crippen molar-refractivity contribution in [2.24, 2.45) is 0 Å². The van der Waals surface area contributed by atoms with E-state index < -0.39 is 0 Å². The monoisotopic (exact) mass is 446 g/mol. The van der Waals surface area contributed by atoms with Gasteiger partial charge < -0.3 is 15.1 Å². The van der Waals surface area contributed by atoms with Crippen LogP contribution in [0.5, 0.6) is 0 Å². The minimum atomic E-state index is -0.234. The van der Waals surface area contributed by atoms with E-state index in [2.05, 4.69) is 20.6 Å². The number of aromatic nitrogens is 2. The van der Waals surface area contributed by atoms with E-state index in [-0.39, 0.29) is 23.6 Å². The number of para-hydroxylation sites is 2. The number of nitrogens with one attached hydrogen (secondary N) is 2. The molecule has 0 radical (unpaired) electrons. The molecule has 32 heavy (non-hydrogen) atoms. The maximum absolute atomic E-state index is 12.7. The third kappa shape index (κ3) is 4.97. The second kappa shape index (κ2) is 9.65. The van der Waals surface area contributed by atoms with Crippen LogP contribution in [0.3, 0.4) is 0 Å². The van der Waals surface area contributed by atoms with Crippen molar-refractivity contribution in [1.82, 2.24) is 15.3 Å². The maximum Gasteiger partial charge on any atom is 0.253 e. The Morgan fingerprint density at radius 1 is 1.00 bits per heavy atom. The predicted molar refractivity (Wildman–Crippen MR) is 126 cm³/mol. The molecule has 2 N–H and O–H groups in total. The Bertz CT molecular complexity index is 1260. The first kappa shape index (κ1) is 21.6. The zero-order valence-electron chi connectivity index (χ0n) is 17.7. The van der Waals surface area contributed by atoms with E-state index >= 15 is 0 Å². The number of furan rings is 1. The van der Waals surface area contributed by atoms with Crippen molar-refractivity contribution >= 4 is 40.2 Å². The van der Waals surface area contributed by atoms with Crippen molar-refractivity contribution in [3.8, 4) is 11.6 Å². The van der Waals surface area contributed by atoms with Gasteiger partial charge in [0.2, 0.25) is 5.91 Å². The number of carbonyl (C=O) groups is 2. The molecule has 0 saturated carbocycles. The molecule has 7 nitrogen and oxygen atoms in total. The Morgan fingerprint density at radius 3 is 2.56 bits per heavy atom. The minimum Gasteiger partial charge on any atom is -0.461 e.